The van der Waals surface area contributed by atoms with Crippen LogP contribution in [0.1, 0.15) is 48.5 Å². The van der Waals surface area contributed by atoms with E-state index >= 15 is 0 Å². The van der Waals surface area contributed by atoms with Crippen molar-refractivity contribution in [1.29, 1.82) is 0 Å². The first-order valence-corrected chi connectivity index (χ1v) is 12.1. The molecule has 0 aliphatic heterocycles. The van der Waals surface area contributed by atoms with Crippen LogP contribution in [-0.4, -0.2) is 46.4 Å². The molecule has 1 aliphatic carbocycles. The largest absolute Gasteiger partial charge is 0.505 e. The lowest BCUT2D eigenvalue weighted by atomic mass is 9.78. The molecule has 0 radical (unpaired) electrons. The highest BCUT2D eigenvalue weighted by Gasteiger charge is 2.25. The molecule has 0 spiro atoms. The SMILES string of the molecule is CC(=O)c1cnc2ccc(-c3cc(Cl)c(O)c(Cl)c3)nc2c1C[C@H]1CC[C@H](CN(C)C)CC1. The molecule has 0 bridgehead atoms. The fraction of sp³-hybridized carbons (Fsp3) is 0.423. The van der Waals surface area contributed by atoms with E-state index in [1.807, 2.05) is 12.1 Å². The molecule has 1 aliphatic rings. The number of benzene rings is 1. The Kier molecular flexibility index (Phi) is 7.22. The number of phenols is 1. The van der Waals surface area contributed by atoms with E-state index in [4.69, 9.17) is 28.2 Å². The minimum atomic E-state index is -0.144. The smallest absolute Gasteiger partial charge is 0.161 e. The maximum atomic E-state index is 12.5. The fourth-order valence-corrected chi connectivity index (χ4v) is 5.41. The van der Waals surface area contributed by atoms with Gasteiger partial charge < -0.3 is 10.0 Å². The molecule has 1 saturated carbocycles. The number of carbonyl (C=O) groups is 1. The van der Waals surface area contributed by atoms with Gasteiger partial charge in [-0.1, -0.05) is 23.2 Å². The van der Waals surface area contributed by atoms with Gasteiger partial charge in [0.2, 0.25) is 0 Å². The number of fused-ring (bicyclic) bond motifs is 1. The lowest BCUT2D eigenvalue weighted by molar-refractivity contribution is 0.101. The maximum absolute atomic E-state index is 12.5. The van der Waals surface area contributed by atoms with E-state index in [9.17, 15) is 9.90 Å². The van der Waals surface area contributed by atoms with Crippen molar-refractivity contribution in [3.05, 3.63) is 51.6 Å². The molecule has 1 N–H and O–H groups in total. The van der Waals surface area contributed by atoms with Gasteiger partial charge in [0, 0.05) is 23.9 Å². The molecule has 1 aromatic carbocycles. The molecular formula is C26H29Cl2N3O2. The standard InChI is InChI=1S/C26H29Cl2N3O2/c1-15(32)20-13-29-24-9-8-23(18-11-21(27)26(33)22(28)12-18)30-25(24)19(20)10-16-4-6-17(7-5-16)14-31(2)3/h8-9,11-13,16-17,33H,4-7,10,14H2,1-3H3/t16-,17-. The number of hydrogen-bond donors (Lipinski definition) is 1. The van der Waals surface area contributed by atoms with E-state index in [1.54, 1.807) is 25.3 Å². The van der Waals surface area contributed by atoms with Crippen molar-refractivity contribution < 1.29 is 9.90 Å². The molecule has 3 aromatic rings. The molecule has 0 amide bonds. The number of aromatic nitrogens is 2. The Morgan fingerprint density at radius 2 is 1.73 bits per heavy atom. The van der Waals surface area contributed by atoms with Gasteiger partial charge in [0.1, 0.15) is 0 Å². The zero-order chi connectivity index (χ0) is 23.7. The molecular weight excluding hydrogens is 457 g/mol. The van der Waals surface area contributed by atoms with E-state index in [0.29, 0.717) is 22.7 Å². The van der Waals surface area contributed by atoms with Crippen LogP contribution in [0.25, 0.3) is 22.3 Å². The van der Waals surface area contributed by atoms with Gasteiger partial charge in [0.15, 0.2) is 11.5 Å². The number of nitrogens with zero attached hydrogens (tertiary/aromatic N) is 3. The van der Waals surface area contributed by atoms with Crippen LogP contribution in [0, 0.1) is 11.8 Å². The van der Waals surface area contributed by atoms with Crippen LogP contribution in [0.4, 0.5) is 0 Å². The number of ketones is 1. The lowest BCUT2D eigenvalue weighted by Crippen LogP contribution is -2.26. The van der Waals surface area contributed by atoms with Crippen LogP contribution in [0.15, 0.2) is 30.5 Å². The third-order valence-corrected chi connectivity index (χ3v) is 7.17. The highest BCUT2D eigenvalue weighted by atomic mass is 35.5. The summed E-state index contributed by atoms with van der Waals surface area (Å²) in [5, 5.41) is 10.2. The second-order valence-corrected chi connectivity index (χ2v) is 10.2. The number of phenolic OH excluding ortho intramolecular Hbond substituents is 1. The van der Waals surface area contributed by atoms with E-state index in [2.05, 4.69) is 24.0 Å². The van der Waals surface area contributed by atoms with Gasteiger partial charge in [-0.05, 0) is 94.8 Å². The molecule has 2 heterocycles. The van der Waals surface area contributed by atoms with Crippen LogP contribution < -0.4 is 0 Å². The molecule has 174 valence electrons. The first-order valence-electron chi connectivity index (χ1n) is 11.4. The first-order chi connectivity index (χ1) is 15.7. The second kappa shape index (κ2) is 9.96. The Labute approximate surface area is 204 Å². The first kappa shape index (κ1) is 23.9. The van der Waals surface area contributed by atoms with Crippen molar-refractivity contribution in [2.75, 3.05) is 20.6 Å². The van der Waals surface area contributed by atoms with Crippen molar-refractivity contribution in [3.63, 3.8) is 0 Å². The monoisotopic (exact) mass is 485 g/mol. The Bertz CT molecular complexity index is 1160. The summed E-state index contributed by atoms with van der Waals surface area (Å²) in [6.07, 6.45) is 7.24. The Morgan fingerprint density at radius 1 is 1.09 bits per heavy atom. The van der Waals surface area contributed by atoms with Gasteiger partial charge in [-0.2, -0.15) is 0 Å². The van der Waals surface area contributed by atoms with Crippen LogP contribution in [0.3, 0.4) is 0 Å². The van der Waals surface area contributed by atoms with E-state index in [-0.39, 0.29) is 21.6 Å². The molecule has 0 unspecified atom stereocenters. The Morgan fingerprint density at radius 3 is 2.33 bits per heavy atom. The quantitative estimate of drug-likeness (QED) is 0.407. The van der Waals surface area contributed by atoms with Crippen LogP contribution >= 0.6 is 23.2 Å². The number of rotatable bonds is 6. The van der Waals surface area contributed by atoms with Gasteiger partial charge in [0.25, 0.3) is 0 Å². The lowest BCUT2D eigenvalue weighted by Gasteiger charge is -2.30. The second-order valence-electron chi connectivity index (χ2n) is 9.41. The number of pyridine rings is 2. The fourth-order valence-electron chi connectivity index (χ4n) is 4.93. The third kappa shape index (κ3) is 5.32. The number of hydrogen-bond acceptors (Lipinski definition) is 5. The zero-order valence-corrected chi connectivity index (χ0v) is 20.7. The van der Waals surface area contributed by atoms with E-state index in [1.165, 1.54) is 12.8 Å². The average molecular weight is 486 g/mol. The number of Topliss-reactive ketones (excluding diaryl/α,β-unsaturated/α-hetero) is 1. The minimum absolute atomic E-state index is 0.00335. The Balaban J connectivity index is 1.71. The molecule has 0 atom stereocenters. The van der Waals surface area contributed by atoms with Crippen LogP contribution in [0.5, 0.6) is 5.75 Å². The predicted octanol–water partition coefficient (Wildman–Crippen LogP) is 6.42. The van der Waals surface area contributed by atoms with Crippen molar-refractivity contribution in [2.24, 2.45) is 11.8 Å². The zero-order valence-electron chi connectivity index (χ0n) is 19.2. The summed E-state index contributed by atoms with van der Waals surface area (Å²) in [4.78, 5) is 24.1. The third-order valence-electron chi connectivity index (χ3n) is 6.59. The molecule has 4 rings (SSSR count). The molecule has 5 nitrogen and oxygen atoms in total. The number of halogens is 2. The average Bonchev–Trinajstić information content (AvgIpc) is 2.77. The summed E-state index contributed by atoms with van der Waals surface area (Å²) in [5.74, 6) is 1.12. The van der Waals surface area contributed by atoms with Gasteiger partial charge >= 0.3 is 0 Å². The van der Waals surface area contributed by atoms with E-state index < -0.39 is 0 Å². The Hall–Kier alpha value is -2.21. The summed E-state index contributed by atoms with van der Waals surface area (Å²) >= 11 is 12.3. The summed E-state index contributed by atoms with van der Waals surface area (Å²) < 4.78 is 0. The van der Waals surface area contributed by atoms with Gasteiger partial charge in [-0.25, -0.2) is 4.98 Å². The van der Waals surface area contributed by atoms with Gasteiger partial charge in [-0.15, -0.1) is 0 Å². The number of aromatic hydroxyl groups is 1. The molecule has 7 heteroatoms. The highest BCUT2D eigenvalue weighted by molar-refractivity contribution is 6.37. The van der Waals surface area contributed by atoms with Gasteiger partial charge in [-0.3, -0.25) is 9.78 Å². The highest BCUT2D eigenvalue weighted by Crippen LogP contribution is 2.37. The van der Waals surface area contributed by atoms with E-state index in [0.717, 1.165) is 48.3 Å². The maximum Gasteiger partial charge on any atom is 0.161 e. The predicted molar refractivity (Wildman–Crippen MR) is 134 cm³/mol. The molecule has 33 heavy (non-hydrogen) atoms. The van der Waals surface area contributed by atoms with Crippen molar-refractivity contribution in [2.45, 2.75) is 39.0 Å². The normalized spacial score (nSPS) is 18.7. The summed E-state index contributed by atoms with van der Waals surface area (Å²) in [7, 11) is 4.26. The summed E-state index contributed by atoms with van der Waals surface area (Å²) in [5.41, 5.74) is 4.50. The number of carbonyl (C=O) groups excluding carboxylic acids is 1. The summed E-state index contributed by atoms with van der Waals surface area (Å²) in [6, 6.07) is 7.06. The van der Waals surface area contributed by atoms with Crippen LogP contribution in [-0.2, 0) is 6.42 Å². The van der Waals surface area contributed by atoms with Crippen LogP contribution in [0.2, 0.25) is 10.0 Å². The van der Waals surface area contributed by atoms with Crippen molar-refractivity contribution >= 4 is 40.0 Å². The summed E-state index contributed by atoms with van der Waals surface area (Å²) in [6.45, 7) is 2.72. The molecule has 0 saturated heterocycles. The topological polar surface area (TPSA) is 66.3 Å². The molecule has 1 fully saturated rings. The molecule has 2 aromatic heterocycles. The van der Waals surface area contributed by atoms with Gasteiger partial charge in [0.05, 0.1) is 26.8 Å². The van der Waals surface area contributed by atoms with Crippen molar-refractivity contribution in [1.82, 2.24) is 14.9 Å². The van der Waals surface area contributed by atoms with Crippen molar-refractivity contribution in [3.8, 4) is 17.0 Å². The minimum Gasteiger partial charge on any atom is -0.505 e.